The van der Waals surface area contributed by atoms with Crippen molar-refractivity contribution in [1.29, 1.82) is 0 Å². The minimum Gasteiger partial charge on any atom is -0.394 e. The largest absolute Gasteiger partial charge is 0.394 e. The Morgan fingerprint density at radius 3 is 1.02 bits per heavy atom. The first-order chi connectivity index (χ1) is 51.1. The zero-order valence-corrected chi connectivity index (χ0v) is 66.2. The minimum atomic E-state index is -1.79. The van der Waals surface area contributed by atoms with Crippen LogP contribution in [0.4, 0.5) is 0 Å². The lowest BCUT2D eigenvalue weighted by Gasteiger charge is -2.46. The summed E-state index contributed by atoms with van der Waals surface area (Å²) in [5, 5.41) is 88.0. The van der Waals surface area contributed by atoms with Gasteiger partial charge < -0.3 is 65.1 Å². The van der Waals surface area contributed by atoms with Crippen molar-refractivity contribution in [2.75, 3.05) is 19.8 Å². The third kappa shape index (κ3) is 54.3. The Hall–Kier alpha value is -3.35. The summed E-state index contributed by atoms with van der Waals surface area (Å²) in [7, 11) is 0. The zero-order valence-electron chi connectivity index (χ0n) is 66.2. The van der Waals surface area contributed by atoms with Crippen molar-refractivity contribution in [3.8, 4) is 0 Å². The predicted octanol–water partition coefficient (Wildman–Crippen LogP) is 20.6. The maximum Gasteiger partial charge on any atom is 0.220 e. The van der Waals surface area contributed by atoms with Crippen molar-refractivity contribution in [2.45, 2.75) is 434 Å². The molecule has 0 aromatic carbocycles. The normalized spacial score (nSPS) is 22.0. The van der Waals surface area contributed by atoms with Crippen LogP contribution >= 0.6 is 0 Å². The lowest BCUT2D eigenvalue weighted by Crippen LogP contribution is -2.65. The Bertz CT molecular complexity index is 2170. The van der Waals surface area contributed by atoms with Gasteiger partial charge in [-0.25, -0.2) is 0 Å². The van der Waals surface area contributed by atoms with Crippen LogP contribution < -0.4 is 5.32 Å². The number of aliphatic hydroxyl groups is 8. The predicted molar refractivity (Wildman–Crippen MR) is 433 cm³/mol. The minimum absolute atomic E-state index is 0.206. The maximum absolute atomic E-state index is 13.4. The summed E-state index contributed by atoms with van der Waals surface area (Å²) >= 11 is 0. The van der Waals surface area contributed by atoms with Crippen molar-refractivity contribution in [3.05, 3.63) is 109 Å². The van der Waals surface area contributed by atoms with Gasteiger partial charge in [0.1, 0.15) is 48.8 Å². The molecule has 2 aliphatic rings. The fourth-order valence-corrected chi connectivity index (χ4v) is 13.8. The number of aliphatic hydroxyl groups excluding tert-OH is 8. The first-order valence-electron chi connectivity index (χ1n) is 43.1. The average molecular weight is 1460 g/mol. The summed E-state index contributed by atoms with van der Waals surface area (Å²) < 4.78 is 23.0. The first kappa shape index (κ1) is 96.7. The van der Waals surface area contributed by atoms with Crippen molar-refractivity contribution in [2.24, 2.45) is 0 Å². The van der Waals surface area contributed by atoms with Gasteiger partial charge in [0, 0.05) is 6.42 Å². The molecular formula is C90H159NO13. The number of hydrogen-bond donors (Lipinski definition) is 9. The molecule has 0 spiro atoms. The number of ether oxygens (including phenoxy) is 4. The molecule has 0 saturated carbocycles. The number of nitrogens with one attached hydrogen (secondary N) is 1. The fourth-order valence-electron chi connectivity index (χ4n) is 13.8. The van der Waals surface area contributed by atoms with E-state index < -0.39 is 86.8 Å². The molecule has 0 bridgehead atoms. The summed E-state index contributed by atoms with van der Waals surface area (Å²) in [6.45, 7) is 2.80. The number of carbonyl (C=O) groups is 1. The van der Waals surface area contributed by atoms with E-state index in [4.69, 9.17) is 18.9 Å². The number of amides is 1. The van der Waals surface area contributed by atoms with Crippen LogP contribution in [0, 0.1) is 0 Å². The fraction of sp³-hybridized carbons (Fsp3) is 0.789. The molecule has 12 unspecified atom stereocenters. The van der Waals surface area contributed by atoms with Crippen LogP contribution in [0.5, 0.6) is 0 Å². The van der Waals surface area contributed by atoms with E-state index in [2.05, 4.69) is 129 Å². The van der Waals surface area contributed by atoms with Crippen LogP contribution in [-0.4, -0.2) is 140 Å². The van der Waals surface area contributed by atoms with Crippen LogP contribution in [-0.2, 0) is 23.7 Å². The van der Waals surface area contributed by atoms with Gasteiger partial charge in [0.05, 0.1) is 32.0 Å². The highest BCUT2D eigenvalue weighted by Crippen LogP contribution is 2.30. The van der Waals surface area contributed by atoms with Crippen molar-refractivity contribution in [1.82, 2.24) is 5.32 Å². The van der Waals surface area contributed by atoms with E-state index in [9.17, 15) is 45.6 Å². The van der Waals surface area contributed by atoms with Gasteiger partial charge in [-0.1, -0.05) is 380 Å². The van der Waals surface area contributed by atoms with Crippen molar-refractivity contribution in [3.63, 3.8) is 0 Å². The van der Waals surface area contributed by atoms with Crippen LogP contribution in [0.3, 0.4) is 0 Å². The molecular weight excluding hydrogens is 1300 g/mol. The van der Waals surface area contributed by atoms with Crippen molar-refractivity contribution >= 4 is 5.91 Å². The lowest BCUT2D eigenvalue weighted by atomic mass is 9.97. The van der Waals surface area contributed by atoms with Gasteiger partial charge in [-0.15, -0.1) is 0 Å². The molecule has 2 aliphatic heterocycles. The second-order valence-electron chi connectivity index (χ2n) is 29.9. The standard InChI is InChI=1S/C90H159NO13/c1-3-5-7-9-11-13-15-17-19-21-23-25-27-29-31-33-34-35-36-37-38-39-40-41-42-43-44-46-48-50-52-54-56-58-60-62-64-66-68-70-72-74-82(95)91-78(77-101-89-87(100)85(98)88(81(76-93)103-89)104-90-86(99)84(97)83(96)80(75-92)102-90)79(94)73-71-69-67-65-63-61-59-57-55-53-51-49-47-45-32-30-28-26-24-22-20-18-16-14-12-10-8-6-4-2/h5,7,11,13,17,19,23,25,29,31,34-35,37-38,40-41,43-44,78-81,83-90,92-94,96-100H,3-4,6,8-10,12,14-16,18,20-22,24,26-28,30,32-33,36,39,42,45-77H2,1-2H3,(H,91,95)/b7-5-,13-11-,19-17-,25-23-,31-29-,35-34-,38-37-,41-40-,44-43-. The zero-order chi connectivity index (χ0) is 75.1. The van der Waals surface area contributed by atoms with Crippen LogP contribution in [0.15, 0.2) is 109 Å². The van der Waals surface area contributed by atoms with Gasteiger partial charge in [0.15, 0.2) is 12.6 Å². The molecule has 602 valence electrons. The first-order valence-corrected chi connectivity index (χ1v) is 43.1. The molecule has 0 aromatic heterocycles. The molecule has 9 N–H and O–H groups in total. The summed E-state index contributed by atoms with van der Waals surface area (Å²) in [6.07, 6.45) is 88.5. The van der Waals surface area contributed by atoms with Gasteiger partial charge >= 0.3 is 0 Å². The van der Waals surface area contributed by atoms with Gasteiger partial charge in [0.25, 0.3) is 0 Å². The third-order valence-electron chi connectivity index (χ3n) is 20.5. The number of hydrogen-bond acceptors (Lipinski definition) is 13. The summed E-state index contributed by atoms with van der Waals surface area (Å²) in [6, 6.07) is -0.838. The number of allylic oxidation sites excluding steroid dienone is 18. The van der Waals surface area contributed by atoms with Gasteiger partial charge in [0.2, 0.25) is 5.91 Å². The van der Waals surface area contributed by atoms with Crippen LogP contribution in [0.25, 0.3) is 0 Å². The molecule has 12 atom stereocenters. The molecule has 0 aliphatic carbocycles. The quantitative estimate of drug-likeness (QED) is 0.0204. The van der Waals surface area contributed by atoms with Crippen LogP contribution in [0.2, 0.25) is 0 Å². The molecule has 2 rings (SSSR count). The Kier molecular flexibility index (Phi) is 67.4. The summed E-state index contributed by atoms with van der Waals surface area (Å²) in [5.41, 5.74) is 0. The topological polar surface area (TPSA) is 228 Å². The Labute approximate surface area is 636 Å². The molecule has 1 amide bonds. The molecule has 104 heavy (non-hydrogen) atoms. The Morgan fingerprint density at radius 2 is 0.663 bits per heavy atom. The number of unbranched alkanes of at least 4 members (excludes halogenated alkanes) is 41. The number of carbonyl (C=O) groups excluding carboxylic acids is 1. The second-order valence-corrected chi connectivity index (χ2v) is 29.9. The Balaban J connectivity index is 1.58. The lowest BCUT2D eigenvalue weighted by molar-refractivity contribution is -0.359. The van der Waals surface area contributed by atoms with E-state index in [0.717, 1.165) is 116 Å². The molecule has 2 saturated heterocycles. The van der Waals surface area contributed by atoms with Gasteiger partial charge in [-0.3, -0.25) is 4.79 Å². The third-order valence-corrected chi connectivity index (χ3v) is 20.5. The highest BCUT2D eigenvalue weighted by molar-refractivity contribution is 5.76. The SMILES string of the molecule is CC/C=C\C/C=C\C/C=C\C/C=C\C/C=C\C/C=C\C/C=C\C/C=C\C/C=C\CCCCCCCCCCCCCCCC(=O)NC(COC1OC(CO)C(OC2OC(CO)C(O)C(O)C2O)C(O)C1O)C(O)CCCCCCCCCCCCCCCCCCCCCCCCCCCCCCC. The second kappa shape index (κ2) is 72.5. The van der Waals surface area contributed by atoms with E-state index >= 15 is 0 Å². The molecule has 0 aromatic rings. The van der Waals surface area contributed by atoms with Crippen LogP contribution in [0.1, 0.15) is 361 Å². The molecule has 14 heteroatoms. The highest BCUT2D eigenvalue weighted by Gasteiger charge is 2.51. The average Bonchev–Trinajstić information content (AvgIpc) is 0.789. The highest BCUT2D eigenvalue weighted by atomic mass is 16.7. The molecule has 0 radical (unpaired) electrons. The van der Waals surface area contributed by atoms with E-state index in [1.807, 2.05) is 0 Å². The monoisotopic (exact) mass is 1460 g/mol. The van der Waals surface area contributed by atoms with E-state index in [1.165, 1.54) is 218 Å². The molecule has 14 nitrogen and oxygen atoms in total. The smallest absolute Gasteiger partial charge is 0.220 e. The van der Waals surface area contributed by atoms with E-state index in [1.54, 1.807) is 0 Å². The maximum atomic E-state index is 13.4. The van der Waals surface area contributed by atoms with Gasteiger partial charge in [-0.05, 0) is 83.5 Å². The summed E-state index contributed by atoms with van der Waals surface area (Å²) in [5.74, 6) is -0.206. The number of rotatable bonds is 72. The van der Waals surface area contributed by atoms with Gasteiger partial charge in [-0.2, -0.15) is 0 Å². The summed E-state index contributed by atoms with van der Waals surface area (Å²) in [4.78, 5) is 13.4. The van der Waals surface area contributed by atoms with E-state index in [-0.39, 0.29) is 12.5 Å². The van der Waals surface area contributed by atoms with Crippen molar-refractivity contribution < 1.29 is 64.6 Å². The molecule has 2 heterocycles. The Morgan fingerprint density at radius 1 is 0.356 bits per heavy atom. The van der Waals surface area contributed by atoms with E-state index in [0.29, 0.717) is 12.8 Å². The molecule has 2 fully saturated rings.